The predicted molar refractivity (Wildman–Crippen MR) is 161 cm³/mol. The molecular formula is C31H37ClFN3O4S. The van der Waals surface area contributed by atoms with Gasteiger partial charge in [-0.25, -0.2) is 12.8 Å². The van der Waals surface area contributed by atoms with E-state index in [4.69, 9.17) is 11.6 Å². The Balaban J connectivity index is 2.08. The largest absolute Gasteiger partial charge is 0.352 e. The molecule has 1 N–H and O–H groups in total. The van der Waals surface area contributed by atoms with Crippen LogP contribution in [0.25, 0.3) is 0 Å². The molecule has 0 heterocycles. The molecule has 3 aromatic rings. The van der Waals surface area contributed by atoms with Crippen LogP contribution < -0.4 is 9.62 Å². The molecule has 41 heavy (non-hydrogen) atoms. The van der Waals surface area contributed by atoms with Crippen LogP contribution in [0.15, 0.2) is 71.6 Å². The van der Waals surface area contributed by atoms with Crippen molar-refractivity contribution < 1.29 is 22.4 Å². The fraction of sp³-hybridized carbons (Fsp3) is 0.355. The fourth-order valence-electron chi connectivity index (χ4n) is 4.29. The van der Waals surface area contributed by atoms with Crippen LogP contribution in [0.2, 0.25) is 5.02 Å². The van der Waals surface area contributed by atoms with Crippen LogP contribution in [0.1, 0.15) is 50.3 Å². The summed E-state index contributed by atoms with van der Waals surface area (Å²) in [5, 5.41) is 3.31. The summed E-state index contributed by atoms with van der Waals surface area (Å²) in [6.07, 6.45) is 0.997. The third kappa shape index (κ3) is 8.07. The molecule has 2 amide bonds. The second-order valence-electron chi connectivity index (χ2n) is 10.1. The molecule has 0 aliphatic rings. The molecule has 0 aliphatic heterocycles. The maximum absolute atomic E-state index is 14.1. The third-order valence-electron chi connectivity index (χ3n) is 7.11. The molecule has 220 valence electrons. The Morgan fingerprint density at radius 2 is 1.56 bits per heavy atom. The van der Waals surface area contributed by atoms with Crippen molar-refractivity contribution >= 4 is 39.1 Å². The minimum absolute atomic E-state index is 0.00664. The summed E-state index contributed by atoms with van der Waals surface area (Å²) in [6, 6.07) is 15.6. The third-order valence-corrected chi connectivity index (χ3v) is 9.15. The zero-order valence-electron chi connectivity index (χ0n) is 24.0. The molecule has 0 saturated heterocycles. The Labute approximate surface area is 247 Å². The van der Waals surface area contributed by atoms with Crippen molar-refractivity contribution in [1.82, 2.24) is 10.2 Å². The lowest BCUT2D eigenvalue weighted by Gasteiger charge is -2.34. The van der Waals surface area contributed by atoms with Gasteiger partial charge in [0.2, 0.25) is 11.8 Å². The number of aryl methyl sites for hydroxylation is 2. The number of carbonyl (C=O) groups excluding carboxylic acids is 2. The van der Waals surface area contributed by atoms with Gasteiger partial charge in [-0.1, -0.05) is 43.6 Å². The normalized spacial score (nSPS) is 12.9. The van der Waals surface area contributed by atoms with Gasteiger partial charge < -0.3 is 10.2 Å². The van der Waals surface area contributed by atoms with E-state index in [9.17, 15) is 22.4 Å². The number of amides is 2. The molecule has 0 aromatic heterocycles. The summed E-state index contributed by atoms with van der Waals surface area (Å²) in [5.41, 5.74) is 2.74. The van der Waals surface area contributed by atoms with Crippen molar-refractivity contribution in [3.05, 3.63) is 94.3 Å². The summed E-state index contributed by atoms with van der Waals surface area (Å²) < 4.78 is 42.6. The zero-order chi connectivity index (χ0) is 30.3. The Kier molecular flexibility index (Phi) is 10.9. The molecule has 3 rings (SSSR count). The monoisotopic (exact) mass is 601 g/mol. The number of rotatable bonds is 12. The van der Waals surface area contributed by atoms with Crippen molar-refractivity contribution in [2.24, 2.45) is 0 Å². The van der Waals surface area contributed by atoms with Gasteiger partial charge in [0, 0.05) is 17.6 Å². The summed E-state index contributed by atoms with van der Waals surface area (Å²) in [4.78, 5) is 28.7. The highest BCUT2D eigenvalue weighted by molar-refractivity contribution is 7.92. The molecule has 7 nitrogen and oxygen atoms in total. The minimum Gasteiger partial charge on any atom is -0.352 e. The maximum atomic E-state index is 14.1. The van der Waals surface area contributed by atoms with E-state index in [1.54, 1.807) is 37.3 Å². The highest BCUT2D eigenvalue weighted by Gasteiger charge is 2.34. The molecule has 0 radical (unpaired) electrons. The van der Waals surface area contributed by atoms with Crippen LogP contribution in [0.4, 0.5) is 10.1 Å². The van der Waals surface area contributed by atoms with Gasteiger partial charge in [0.15, 0.2) is 0 Å². The average Bonchev–Trinajstić information content (AvgIpc) is 2.94. The maximum Gasteiger partial charge on any atom is 0.264 e. The van der Waals surface area contributed by atoms with Crippen LogP contribution in [0, 0.1) is 19.7 Å². The van der Waals surface area contributed by atoms with Crippen molar-refractivity contribution in [3.63, 3.8) is 0 Å². The average molecular weight is 602 g/mol. The summed E-state index contributed by atoms with van der Waals surface area (Å²) in [5.74, 6) is -1.34. The number of nitrogens with zero attached hydrogens (tertiary/aromatic N) is 2. The van der Waals surface area contributed by atoms with E-state index in [-0.39, 0.29) is 23.4 Å². The lowest BCUT2D eigenvalue weighted by Crippen LogP contribution is -2.53. The Morgan fingerprint density at radius 1 is 0.927 bits per heavy atom. The lowest BCUT2D eigenvalue weighted by atomic mass is 10.1. The van der Waals surface area contributed by atoms with Crippen LogP contribution in [0.5, 0.6) is 0 Å². The Morgan fingerprint density at radius 3 is 2.12 bits per heavy atom. The molecule has 0 bridgehead atoms. The van der Waals surface area contributed by atoms with Gasteiger partial charge in [0.05, 0.1) is 10.6 Å². The molecular weight excluding hydrogens is 565 g/mol. The first-order valence-electron chi connectivity index (χ1n) is 13.6. The number of nitrogens with one attached hydrogen (secondary N) is 1. The number of benzene rings is 3. The highest BCUT2D eigenvalue weighted by atomic mass is 35.5. The van der Waals surface area contributed by atoms with Crippen molar-refractivity contribution in [2.75, 3.05) is 10.8 Å². The van der Waals surface area contributed by atoms with Gasteiger partial charge in [-0.05, 0) is 98.8 Å². The van der Waals surface area contributed by atoms with Gasteiger partial charge in [0.25, 0.3) is 10.0 Å². The van der Waals surface area contributed by atoms with Crippen molar-refractivity contribution in [1.29, 1.82) is 0 Å². The fourth-order valence-corrected chi connectivity index (χ4v) is 5.82. The summed E-state index contributed by atoms with van der Waals surface area (Å²) >= 11 is 6.01. The second-order valence-corrected chi connectivity index (χ2v) is 12.4. The first-order valence-corrected chi connectivity index (χ1v) is 15.4. The molecule has 0 saturated carbocycles. The SMILES string of the molecule is CC[C@H](C)NC(=O)[C@H](CC)N(Cc1ccc(F)cc1)C(=O)CN(c1ccc(C)c(C)c1)S(=O)(=O)c1ccc(Cl)cc1. The number of sulfonamides is 1. The van der Waals surface area contributed by atoms with Gasteiger partial charge in [-0.3, -0.25) is 13.9 Å². The molecule has 10 heteroatoms. The van der Waals surface area contributed by atoms with E-state index in [2.05, 4.69) is 5.32 Å². The number of carbonyl (C=O) groups is 2. The first-order chi connectivity index (χ1) is 19.4. The van der Waals surface area contributed by atoms with E-state index in [0.29, 0.717) is 29.1 Å². The summed E-state index contributed by atoms with van der Waals surface area (Å²) in [7, 11) is -4.21. The molecule has 0 fully saturated rings. The van der Waals surface area contributed by atoms with E-state index < -0.39 is 34.3 Å². The van der Waals surface area contributed by atoms with E-state index in [0.717, 1.165) is 15.4 Å². The van der Waals surface area contributed by atoms with Crippen LogP contribution in [0.3, 0.4) is 0 Å². The van der Waals surface area contributed by atoms with Crippen LogP contribution in [-0.2, 0) is 26.2 Å². The number of hydrogen-bond donors (Lipinski definition) is 1. The molecule has 0 spiro atoms. The number of anilines is 1. The molecule has 0 aliphatic carbocycles. The molecule has 3 aromatic carbocycles. The van der Waals surface area contributed by atoms with Gasteiger partial charge in [-0.2, -0.15) is 0 Å². The van der Waals surface area contributed by atoms with Crippen molar-refractivity contribution in [3.8, 4) is 0 Å². The van der Waals surface area contributed by atoms with E-state index in [1.165, 1.54) is 41.3 Å². The van der Waals surface area contributed by atoms with Crippen LogP contribution >= 0.6 is 11.6 Å². The molecule has 0 unspecified atom stereocenters. The standard InChI is InChI=1S/C31H37ClFN3O4S/c1-6-23(5)34-31(38)29(7-2)35(19-24-9-13-26(33)14-10-24)30(37)20-36(27-15-8-21(3)22(4)18-27)41(39,40)28-16-11-25(32)12-17-28/h8-18,23,29H,6-7,19-20H2,1-5H3,(H,34,38)/t23-,29-/m0/s1. The van der Waals surface area contributed by atoms with E-state index in [1.807, 2.05) is 27.7 Å². The number of hydrogen-bond acceptors (Lipinski definition) is 4. The highest BCUT2D eigenvalue weighted by Crippen LogP contribution is 2.27. The number of halogens is 2. The van der Waals surface area contributed by atoms with E-state index >= 15 is 0 Å². The zero-order valence-corrected chi connectivity index (χ0v) is 25.6. The Hall–Kier alpha value is -3.43. The van der Waals surface area contributed by atoms with Crippen molar-refractivity contribution in [2.45, 2.75) is 71.0 Å². The Bertz CT molecular complexity index is 1460. The van der Waals surface area contributed by atoms with Gasteiger partial charge in [-0.15, -0.1) is 0 Å². The summed E-state index contributed by atoms with van der Waals surface area (Å²) in [6.45, 7) is 8.81. The van der Waals surface area contributed by atoms with Crippen LogP contribution in [-0.4, -0.2) is 43.8 Å². The molecule has 2 atom stereocenters. The quantitative estimate of drug-likeness (QED) is 0.275. The lowest BCUT2D eigenvalue weighted by molar-refractivity contribution is -0.140. The second kappa shape index (κ2) is 14.0. The van der Waals surface area contributed by atoms with Gasteiger partial charge >= 0.3 is 0 Å². The first kappa shape index (κ1) is 32.1. The predicted octanol–water partition coefficient (Wildman–Crippen LogP) is 6.01. The smallest absolute Gasteiger partial charge is 0.264 e. The minimum atomic E-state index is -4.21. The van der Waals surface area contributed by atoms with Gasteiger partial charge in [0.1, 0.15) is 18.4 Å². The topological polar surface area (TPSA) is 86.8 Å².